The van der Waals surface area contributed by atoms with E-state index in [1.54, 1.807) is 13.0 Å². The van der Waals surface area contributed by atoms with Crippen molar-refractivity contribution in [1.82, 2.24) is 20.0 Å². The molecular weight excluding hydrogens is 320 g/mol. The third-order valence-electron chi connectivity index (χ3n) is 4.50. The highest BCUT2D eigenvalue weighted by Gasteiger charge is 2.28. The summed E-state index contributed by atoms with van der Waals surface area (Å²) in [5.41, 5.74) is 2.49. The number of rotatable bonds is 5. The Bertz CT molecular complexity index is 736. The van der Waals surface area contributed by atoms with Crippen LogP contribution in [0.2, 0.25) is 0 Å². The highest BCUT2D eigenvalue weighted by molar-refractivity contribution is 5.92. The van der Waals surface area contributed by atoms with Crippen molar-refractivity contribution in [1.29, 1.82) is 0 Å². The molecule has 1 saturated heterocycles. The normalized spacial score (nSPS) is 15.6. The number of hydrogen-bond donors (Lipinski definition) is 0. The lowest BCUT2D eigenvalue weighted by Crippen LogP contribution is -2.38. The molecule has 7 nitrogen and oxygen atoms in total. The zero-order valence-corrected chi connectivity index (χ0v) is 15.0. The molecule has 0 bridgehead atoms. The molecule has 1 fully saturated rings. The Morgan fingerprint density at radius 1 is 1.36 bits per heavy atom. The fraction of sp³-hybridized carbons (Fsp3) is 0.556. The average Bonchev–Trinajstić information content (AvgIpc) is 3.06. The molecule has 0 aromatic carbocycles. The maximum Gasteiger partial charge on any atom is 0.276 e. The molecule has 3 heterocycles. The van der Waals surface area contributed by atoms with E-state index in [9.17, 15) is 4.79 Å². The van der Waals surface area contributed by atoms with Gasteiger partial charge in [-0.25, -0.2) is 9.97 Å². The van der Waals surface area contributed by atoms with E-state index < -0.39 is 0 Å². The van der Waals surface area contributed by atoms with Crippen LogP contribution in [0.5, 0.6) is 0 Å². The maximum atomic E-state index is 12.5. The van der Waals surface area contributed by atoms with Crippen LogP contribution in [0.15, 0.2) is 16.8 Å². The molecule has 1 aliphatic heterocycles. The minimum Gasteiger partial charge on any atom is -0.377 e. The van der Waals surface area contributed by atoms with Gasteiger partial charge in [-0.05, 0) is 33.6 Å². The predicted octanol–water partition coefficient (Wildman–Crippen LogP) is 2.64. The Hall–Kier alpha value is -2.28. The Balaban J connectivity index is 1.68. The second-order valence-corrected chi connectivity index (χ2v) is 6.35. The van der Waals surface area contributed by atoms with Crippen LogP contribution in [0.1, 0.15) is 59.0 Å². The maximum absolute atomic E-state index is 12.5. The predicted molar refractivity (Wildman–Crippen MR) is 91.2 cm³/mol. The van der Waals surface area contributed by atoms with Gasteiger partial charge in [-0.15, -0.1) is 0 Å². The first-order valence-corrected chi connectivity index (χ1v) is 8.71. The second kappa shape index (κ2) is 7.74. The number of aryl methyl sites for hydroxylation is 2. The van der Waals surface area contributed by atoms with E-state index in [0.29, 0.717) is 43.7 Å². The van der Waals surface area contributed by atoms with Gasteiger partial charge in [0.1, 0.15) is 11.6 Å². The smallest absolute Gasteiger partial charge is 0.276 e. The van der Waals surface area contributed by atoms with Crippen LogP contribution in [0.4, 0.5) is 0 Å². The Morgan fingerprint density at radius 2 is 2.12 bits per heavy atom. The second-order valence-electron chi connectivity index (χ2n) is 6.35. The Morgan fingerprint density at radius 3 is 2.76 bits per heavy atom. The van der Waals surface area contributed by atoms with Gasteiger partial charge >= 0.3 is 0 Å². The number of piperidine rings is 1. The highest BCUT2D eigenvalue weighted by atomic mass is 16.5. The number of ether oxygens (including phenoxy) is 1. The van der Waals surface area contributed by atoms with Crippen molar-refractivity contribution in [3.63, 3.8) is 0 Å². The lowest BCUT2D eigenvalue weighted by atomic mass is 9.90. The summed E-state index contributed by atoms with van der Waals surface area (Å²) in [7, 11) is 0. The molecule has 0 atom stereocenters. The zero-order valence-electron chi connectivity index (χ0n) is 15.0. The fourth-order valence-electron chi connectivity index (χ4n) is 3.17. The van der Waals surface area contributed by atoms with E-state index in [1.165, 1.54) is 0 Å². The van der Waals surface area contributed by atoms with Gasteiger partial charge in [-0.3, -0.25) is 4.79 Å². The number of hydrogen-bond acceptors (Lipinski definition) is 6. The van der Waals surface area contributed by atoms with Crippen LogP contribution >= 0.6 is 0 Å². The van der Waals surface area contributed by atoms with Crippen LogP contribution in [0, 0.1) is 13.8 Å². The highest BCUT2D eigenvalue weighted by Crippen LogP contribution is 2.30. The van der Waals surface area contributed by atoms with Crippen molar-refractivity contribution in [3.05, 3.63) is 40.8 Å². The van der Waals surface area contributed by atoms with Crippen LogP contribution < -0.4 is 0 Å². The molecule has 0 radical (unpaired) electrons. The molecule has 0 saturated carbocycles. The van der Waals surface area contributed by atoms with Gasteiger partial charge in [-0.2, -0.15) is 0 Å². The zero-order chi connectivity index (χ0) is 17.8. The molecule has 134 valence electrons. The van der Waals surface area contributed by atoms with Crippen molar-refractivity contribution in [3.8, 4) is 0 Å². The van der Waals surface area contributed by atoms with E-state index in [-0.39, 0.29) is 5.91 Å². The summed E-state index contributed by atoms with van der Waals surface area (Å²) < 4.78 is 10.6. The van der Waals surface area contributed by atoms with Crippen molar-refractivity contribution >= 4 is 5.91 Å². The molecule has 1 aliphatic rings. The van der Waals surface area contributed by atoms with Crippen LogP contribution in [0.25, 0.3) is 0 Å². The average molecular weight is 344 g/mol. The number of nitrogens with zero attached hydrogens (tertiary/aromatic N) is 4. The van der Waals surface area contributed by atoms with Gasteiger partial charge < -0.3 is 14.2 Å². The van der Waals surface area contributed by atoms with E-state index in [0.717, 1.165) is 29.9 Å². The summed E-state index contributed by atoms with van der Waals surface area (Å²) in [6, 6.07) is 1.68. The van der Waals surface area contributed by atoms with Gasteiger partial charge in [0, 0.05) is 43.4 Å². The molecule has 7 heteroatoms. The standard InChI is InChI=1S/C18H24N4O3/c1-4-24-11-15-10-19-13(3)20-17(15)14-5-7-22(8-6-14)18(23)16-9-12(2)25-21-16/h9-10,14H,4-8,11H2,1-3H3. The van der Waals surface area contributed by atoms with Gasteiger partial charge in [-0.1, -0.05) is 5.16 Å². The summed E-state index contributed by atoms with van der Waals surface area (Å²) in [4.78, 5) is 23.3. The first kappa shape index (κ1) is 17.5. The summed E-state index contributed by atoms with van der Waals surface area (Å²) in [5.74, 6) is 1.67. The third kappa shape index (κ3) is 4.04. The van der Waals surface area contributed by atoms with Gasteiger partial charge in [0.25, 0.3) is 5.91 Å². The van der Waals surface area contributed by atoms with Crippen LogP contribution in [0.3, 0.4) is 0 Å². The van der Waals surface area contributed by atoms with E-state index >= 15 is 0 Å². The summed E-state index contributed by atoms with van der Waals surface area (Å²) in [6.07, 6.45) is 3.61. The lowest BCUT2D eigenvalue weighted by molar-refractivity contribution is 0.0700. The number of carbonyl (C=O) groups excluding carboxylic acids is 1. The molecule has 1 amide bonds. The Kier molecular flexibility index (Phi) is 5.43. The molecule has 25 heavy (non-hydrogen) atoms. The fourth-order valence-corrected chi connectivity index (χ4v) is 3.17. The third-order valence-corrected chi connectivity index (χ3v) is 4.50. The van der Waals surface area contributed by atoms with E-state index in [1.807, 2.05) is 24.9 Å². The lowest BCUT2D eigenvalue weighted by Gasteiger charge is -2.32. The minimum atomic E-state index is -0.0660. The largest absolute Gasteiger partial charge is 0.377 e. The molecule has 0 aliphatic carbocycles. The number of likely N-dealkylation sites (tertiary alicyclic amines) is 1. The number of aromatic nitrogens is 3. The van der Waals surface area contributed by atoms with Gasteiger partial charge in [0.15, 0.2) is 5.69 Å². The topological polar surface area (TPSA) is 81.4 Å². The number of amides is 1. The summed E-state index contributed by atoms with van der Waals surface area (Å²) >= 11 is 0. The van der Waals surface area contributed by atoms with Crippen LogP contribution in [-0.4, -0.2) is 45.6 Å². The summed E-state index contributed by atoms with van der Waals surface area (Å²) in [6.45, 7) is 8.23. The first-order valence-electron chi connectivity index (χ1n) is 8.71. The van der Waals surface area contributed by atoms with E-state index in [2.05, 4.69) is 15.1 Å². The van der Waals surface area contributed by atoms with Crippen molar-refractivity contribution in [2.75, 3.05) is 19.7 Å². The first-order chi connectivity index (χ1) is 12.1. The van der Waals surface area contributed by atoms with Crippen molar-refractivity contribution in [2.45, 2.75) is 46.1 Å². The molecular formula is C18H24N4O3. The molecule has 0 spiro atoms. The SMILES string of the molecule is CCOCc1cnc(C)nc1C1CCN(C(=O)c2cc(C)on2)CC1. The van der Waals surface area contributed by atoms with Gasteiger partial charge in [0.2, 0.25) is 0 Å². The van der Waals surface area contributed by atoms with Crippen molar-refractivity contribution < 1.29 is 14.1 Å². The summed E-state index contributed by atoms with van der Waals surface area (Å²) in [5, 5.41) is 3.82. The molecule has 0 N–H and O–H groups in total. The van der Waals surface area contributed by atoms with Crippen LogP contribution in [-0.2, 0) is 11.3 Å². The number of carbonyl (C=O) groups is 1. The van der Waals surface area contributed by atoms with Crippen molar-refractivity contribution in [2.24, 2.45) is 0 Å². The van der Waals surface area contributed by atoms with Gasteiger partial charge in [0.05, 0.1) is 12.3 Å². The Labute approximate surface area is 147 Å². The minimum absolute atomic E-state index is 0.0660. The molecule has 0 unspecified atom stereocenters. The molecule has 2 aromatic rings. The van der Waals surface area contributed by atoms with E-state index in [4.69, 9.17) is 9.26 Å². The molecule has 2 aromatic heterocycles. The molecule has 3 rings (SSSR count). The monoisotopic (exact) mass is 344 g/mol. The quantitative estimate of drug-likeness (QED) is 0.829.